The fourth-order valence-electron chi connectivity index (χ4n) is 11.1. The molecule has 182 valence electrons. The highest BCUT2D eigenvalue weighted by molar-refractivity contribution is 5.32. The van der Waals surface area contributed by atoms with E-state index in [-0.39, 0.29) is 23.0 Å². The van der Waals surface area contributed by atoms with Gasteiger partial charge in [0, 0.05) is 11.8 Å². The molecule has 5 aliphatic carbocycles. The van der Waals surface area contributed by atoms with Crippen LogP contribution in [0.3, 0.4) is 0 Å². The summed E-state index contributed by atoms with van der Waals surface area (Å²) in [6.45, 7) is 16.9. The third kappa shape index (κ3) is 2.66. The van der Waals surface area contributed by atoms with Crippen molar-refractivity contribution in [1.82, 2.24) is 0 Å². The van der Waals surface area contributed by atoms with E-state index in [0.29, 0.717) is 28.6 Å². The fourth-order valence-corrected chi connectivity index (χ4v) is 11.1. The summed E-state index contributed by atoms with van der Waals surface area (Å²) in [5, 5.41) is 22.3. The van der Waals surface area contributed by atoms with E-state index in [0.717, 1.165) is 17.8 Å². The molecule has 2 heteroatoms. The third-order valence-electron chi connectivity index (χ3n) is 13.1. The molecular formula is C30H50O2. The van der Waals surface area contributed by atoms with Crippen LogP contribution < -0.4 is 0 Å². The molecule has 2 nitrogen and oxygen atoms in total. The van der Waals surface area contributed by atoms with E-state index >= 15 is 0 Å². The minimum Gasteiger partial charge on any atom is -0.392 e. The van der Waals surface area contributed by atoms with Crippen LogP contribution in [-0.2, 0) is 0 Å². The van der Waals surface area contributed by atoms with Crippen molar-refractivity contribution < 1.29 is 10.2 Å². The Bertz CT molecular complexity index is 795. The van der Waals surface area contributed by atoms with Crippen molar-refractivity contribution in [2.24, 2.45) is 50.7 Å². The standard InChI is InChI=1S/C30H50O2/c1-19(2)9-8-10-20(3)21-13-14-28(7)23-12-11-22-26(4,5)24(31)17-25(32)30(22)18-29(23,30)16-15-27(21,28)6/h9,20-25,31-32H,8,10-18H2,1-7H3. The second-order valence-corrected chi connectivity index (χ2v) is 14.5. The normalized spacial score (nSPS) is 54.0. The molecule has 2 N–H and O–H groups in total. The molecule has 0 aromatic heterocycles. The van der Waals surface area contributed by atoms with Gasteiger partial charge in [0.05, 0.1) is 12.2 Å². The molecule has 10 unspecified atom stereocenters. The first-order chi connectivity index (χ1) is 14.9. The predicted octanol–water partition coefficient (Wildman–Crippen LogP) is 7.14. The van der Waals surface area contributed by atoms with Crippen molar-refractivity contribution in [2.45, 2.75) is 125 Å². The molecule has 0 radical (unpaired) electrons. The summed E-state index contributed by atoms with van der Waals surface area (Å²) in [6, 6.07) is 0. The van der Waals surface area contributed by atoms with Crippen molar-refractivity contribution in [1.29, 1.82) is 0 Å². The monoisotopic (exact) mass is 442 g/mol. The van der Waals surface area contributed by atoms with Crippen LogP contribution in [0.4, 0.5) is 0 Å². The summed E-state index contributed by atoms with van der Waals surface area (Å²) in [7, 11) is 0. The van der Waals surface area contributed by atoms with Gasteiger partial charge in [-0.05, 0) is 117 Å². The second-order valence-electron chi connectivity index (χ2n) is 14.5. The zero-order valence-corrected chi connectivity index (χ0v) is 22.0. The smallest absolute Gasteiger partial charge is 0.0629 e. The van der Waals surface area contributed by atoms with Gasteiger partial charge in [0.15, 0.2) is 0 Å². The van der Waals surface area contributed by atoms with E-state index in [1.54, 1.807) is 0 Å². The van der Waals surface area contributed by atoms with Gasteiger partial charge in [-0.1, -0.05) is 46.3 Å². The highest BCUT2D eigenvalue weighted by Crippen LogP contribution is 2.89. The SMILES string of the molecule is CC(C)=CCCC(C)C1CCC2(C)C3CCC4C(C)(C)C(O)CC(O)C45CC35CCC12C. The molecule has 0 bridgehead atoms. The number of hydrogen-bond donors (Lipinski definition) is 2. The highest BCUT2D eigenvalue weighted by atomic mass is 16.3. The van der Waals surface area contributed by atoms with Crippen molar-refractivity contribution in [2.75, 3.05) is 0 Å². The maximum atomic E-state index is 11.4. The topological polar surface area (TPSA) is 40.5 Å². The quantitative estimate of drug-likeness (QED) is 0.454. The molecule has 10 atom stereocenters. The minimum absolute atomic E-state index is 0.0625. The van der Waals surface area contributed by atoms with E-state index in [2.05, 4.69) is 54.5 Å². The molecule has 0 amide bonds. The van der Waals surface area contributed by atoms with Crippen molar-refractivity contribution >= 4 is 0 Å². The van der Waals surface area contributed by atoms with Gasteiger partial charge in [-0.2, -0.15) is 0 Å². The van der Waals surface area contributed by atoms with E-state index < -0.39 is 0 Å². The minimum atomic E-state index is -0.357. The van der Waals surface area contributed by atoms with Gasteiger partial charge in [0.25, 0.3) is 0 Å². The van der Waals surface area contributed by atoms with Gasteiger partial charge < -0.3 is 10.2 Å². The van der Waals surface area contributed by atoms with Gasteiger partial charge in [-0.3, -0.25) is 0 Å². The van der Waals surface area contributed by atoms with Gasteiger partial charge in [0.2, 0.25) is 0 Å². The molecule has 2 spiro atoms. The summed E-state index contributed by atoms with van der Waals surface area (Å²) < 4.78 is 0. The van der Waals surface area contributed by atoms with Crippen LogP contribution in [0.15, 0.2) is 11.6 Å². The van der Waals surface area contributed by atoms with Crippen LogP contribution in [0, 0.1) is 50.7 Å². The van der Waals surface area contributed by atoms with Crippen molar-refractivity contribution in [3.8, 4) is 0 Å². The lowest BCUT2D eigenvalue weighted by atomic mass is 9.41. The zero-order chi connectivity index (χ0) is 23.3. The second kappa shape index (κ2) is 7.09. The largest absolute Gasteiger partial charge is 0.392 e. The number of aliphatic hydroxyl groups is 2. The Morgan fingerprint density at radius 2 is 1.59 bits per heavy atom. The molecule has 0 aromatic carbocycles. The van der Waals surface area contributed by atoms with Crippen LogP contribution in [0.2, 0.25) is 0 Å². The van der Waals surface area contributed by atoms with Crippen LogP contribution in [-0.4, -0.2) is 22.4 Å². The van der Waals surface area contributed by atoms with Crippen molar-refractivity contribution in [3.63, 3.8) is 0 Å². The Kier molecular flexibility index (Phi) is 5.19. The first-order valence-corrected chi connectivity index (χ1v) is 13.9. The summed E-state index contributed by atoms with van der Waals surface area (Å²) in [5.41, 5.74) is 2.69. The molecule has 0 saturated heterocycles. The Morgan fingerprint density at radius 3 is 2.28 bits per heavy atom. The summed E-state index contributed by atoms with van der Waals surface area (Å²) in [6.07, 6.45) is 14.1. The number of hydrogen-bond acceptors (Lipinski definition) is 2. The Morgan fingerprint density at radius 1 is 0.906 bits per heavy atom. The highest BCUT2D eigenvalue weighted by Gasteiger charge is 2.84. The zero-order valence-electron chi connectivity index (χ0n) is 22.0. The number of allylic oxidation sites excluding steroid dienone is 2. The van der Waals surface area contributed by atoms with Crippen molar-refractivity contribution in [3.05, 3.63) is 11.6 Å². The summed E-state index contributed by atoms with van der Waals surface area (Å²) in [4.78, 5) is 0. The summed E-state index contributed by atoms with van der Waals surface area (Å²) in [5.74, 6) is 2.89. The number of rotatable bonds is 4. The molecule has 5 fully saturated rings. The summed E-state index contributed by atoms with van der Waals surface area (Å²) >= 11 is 0. The maximum Gasteiger partial charge on any atom is 0.0629 e. The van der Waals surface area contributed by atoms with Crippen LogP contribution in [0.5, 0.6) is 0 Å². The molecule has 0 aliphatic heterocycles. The Balaban J connectivity index is 1.43. The van der Waals surface area contributed by atoms with E-state index in [9.17, 15) is 10.2 Å². The molecule has 5 aliphatic rings. The van der Waals surface area contributed by atoms with Crippen LogP contribution >= 0.6 is 0 Å². The molecule has 5 saturated carbocycles. The average molecular weight is 443 g/mol. The van der Waals surface area contributed by atoms with E-state index in [4.69, 9.17) is 0 Å². The fraction of sp³-hybridized carbons (Fsp3) is 0.933. The van der Waals surface area contributed by atoms with Gasteiger partial charge in [-0.25, -0.2) is 0 Å². The first kappa shape index (κ1) is 23.4. The molecular weight excluding hydrogens is 392 g/mol. The Hall–Kier alpha value is -0.340. The van der Waals surface area contributed by atoms with Crippen LogP contribution in [0.1, 0.15) is 113 Å². The average Bonchev–Trinajstić information content (AvgIpc) is 3.32. The van der Waals surface area contributed by atoms with Gasteiger partial charge in [-0.15, -0.1) is 0 Å². The molecule has 32 heavy (non-hydrogen) atoms. The molecule has 0 heterocycles. The molecule has 0 aromatic rings. The molecule has 5 rings (SSSR count). The number of aliphatic hydroxyl groups excluding tert-OH is 2. The lowest BCUT2D eigenvalue weighted by Gasteiger charge is -2.64. The first-order valence-electron chi connectivity index (χ1n) is 13.9. The van der Waals surface area contributed by atoms with Gasteiger partial charge >= 0.3 is 0 Å². The van der Waals surface area contributed by atoms with Crippen LogP contribution in [0.25, 0.3) is 0 Å². The number of fused-ring (bicyclic) bond motifs is 2. The predicted molar refractivity (Wildman–Crippen MR) is 132 cm³/mol. The Labute approximate surface area is 197 Å². The van der Waals surface area contributed by atoms with E-state index in [1.165, 1.54) is 63.4 Å². The lowest BCUT2D eigenvalue weighted by molar-refractivity contribution is -0.195. The third-order valence-corrected chi connectivity index (χ3v) is 13.1. The van der Waals surface area contributed by atoms with E-state index in [1.807, 2.05) is 0 Å². The lowest BCUT2D eigenvalue weighted by Crippen LogP contribution is -2.61. The van der Waals surface area contributed by atoms with Gasteiger partial charge in [0.1, 0.15) is 0 Å². The maximum absolute atomic E-state index is 11.4.